The molecular weight excluding hydrogens is 154 g/mol. The molecule has 0 unspecified atom stereocenters. The van der Waals surface area contributed by atoms with Gasteiger partial charge in [-0.25, -0.2) is 0 Å². The molecule has 2 fully saturated rings. The normalized spacial score (nSPS) is 39.3. The van der Waals surface area contributed by atoms with Gasteiger partial charge in [0, 0.05) is 6.54 Å². The summed E-state index contributed by atoms with van der Waals surface area (Å²) in [6.45, 7) is 0.459. The van der Waals surface area contributed by atoms with Gasteiger partial charge in [-0.3, -0.25) is 4.79 Å². The molecule has 0 aromatic rings. The highest BCUT2D eigenvalue weighted by atomic mass is 16.5. The van der Waals surface area contributed by atoms with Crippen LogP contribution < -0.4 is 5.73 Å². The van der Waals surface area contributed by atoms with Gasteiger partial charge in [-0.15, -0.1) is 0 Å². The molecule has 2 aliphatic rings. The fourth-order valence-corrected chi connectivity index (χ4v) is 2.21. The molecular formula is C9H15NO2. The molecule has 2 N–H and O–H groups in total. The Bertz CT molecular complexity index is 213. The molecule has 0 spiro atoms. The van der Waals surface area contributed by atoms with Crippen molar-refractivity contribution in [3.63, 3.8) is 0 Å². The molecule has 2 aliphatic carbocycles. The standard InChI is InChI=1S/C9H15NO2/c1-12-8(11)9(5-10)4-7(9)6-2-3-6/h6-7H,2-5,10H2,1H3/t7-,9-/m0/s1. The number of esters is 1. The van der Waals surface area contributed by atoms with E-state index in [9.17, 15) is 4.79 Å². The number of hydrogen-bond donors (Lipinski definition) is 1. The SMILES string of the molecule is COC(=O)[C@]1(CN)C[C@H]1C1CC1. The molecule has 12 heavy (non-hydrogen) atoms. The van der Waals surface area contributed by atoms with Gasteiger partial charge in [0.15, 0.2) is 0 Å². The second kappa shape index (κ2) is 2.46. The highest BCUT2D eigenvalue weighted by Gasteiger charge is 2.64. The Morgan fingerprint density at radius 1 is 1.67 bits per heavy atom. The van der Waals surface area contributed by atoms with E-state index in [-0.39, 0.29) is 11.4 Å². The monoisotopic (exact) mass is 169 g/mol. The first-order valence-electron chi connectivity index (χ1n) is 4.53. The molecule has 0 aliphatic heterocycles. The summed E-state index contributed by atoms with van der Waals surface area (Å²) in [5.41, 5.74) is 5.32. The minimum Gasteiger partial charge on any atom is -0.469 e. The quantitative estimate of drug-likeness (QED) is 0.627. The number of carbonyl (C=O) groups is 1. The molecule has 2 atom stereocenters. The maximum Gasteiger partial charge on any atom is 0.313 e. The predicted octanol–water partition coefficient (Wildman–Crippen LogP) is 0.534. The summed E-state index contributed by atoms with van der Waals surface area (Å²) in [5, 5.41) is 0. The molecule has 0 amide bonds. The zero-order chi connectivity index (χ0) is 8.77. The van der Waals surface area contributed by atoms with Crippen LogP contribution in [-0.2, 0) is 9.53 Å². The Hall–Kier alpha value is -0.570. The molecule has 2 saturated carbocycles. The number of nitrogens with two attached hydrogens (primary N) is 1. The van der Waals surface area contributed by atoms with Crippen molar-refractivity contribution in [2.75, 3.05) is 13.7 Å². The van der Waals surface area contributed by atoms with Crippen LogP contribution in [0, 0.1) is 17.3 Å². The van der Waals surface area contributed by atoms with E-state index in [1.807, 2.05) is 0 Å². The summed E-state index contributed by atoms with van der Waals surface area (Å²) < 4.78 is 4.76. The minimum absolute atomic E-state index is 0.0955. The van der Waals surface area contributed by atoms with Crippen molar-refractivity contribution in [1.29, 1.82) is 0 Å². The summed E-state index contributed by atoms with van der Waals surface area (Å²) in [5.74, 6) is 1.21. The van der Waals surface area contributed by atoms with Crippen molar-refractivity contribution in [3.8, 4) is 0 Å². The van der Waals surface area contributed by atoms with E-state index in [1.165, 1.54) is 20.0 Å². The number of rotatable bonds is 3. The van der Waals surface area contributed by atoms with E-state index >= 15 is 0 Å². The topological polar surface area (TPSA) is 52.3 Å². The Balaban J connectivity index is 2.03. The van der Waals surface area contributed by atoms with Crippen molar-refractivity contribution < 1.29 is 9.53 Å². The highest BCUT2D eigenvalue weighted by molar-refractivity contribution is 5.81. The van der Waals surface area contributed by atoms with Crippen LogP contribution in [0.5, 0.6) is 0 Å². The lowest BCUT2D eigenvalue weighted by Gasteiger charge is -2.11. The van der Waals surface area contributed by atoms with Crippen LogP contribution in [-0.4, -0.2) is 19.6 Å². The van der Waals surface area contributed by atoms with E-state index in [1.54, 1.807) is 0 Å². The fraction of sp³-hybridized carbons (Fsp3) is 0.889. The van der Waals surface area contributed by atoms with Gasteiger partial charge in [0.25, 0.3) is 0 Å². The van der Waals surface area contributed by atoms with E-state index < -0.39 is 0 Å². The van der Waals surface area contributed by atoms with Crippen LogP contribution >= 0.6 is 0 Å². The second-order valence-electron chi connectivity index (χ2n) is 4.00. The average Bonchev–Trinajstić information content (AvgIpc) is 2.94. The molecule has 3 nitrogen and oxygen atoms in total. The van der Waals surface area contributed by atoms with Gasteiger partial charge in [0.05, 0.1) is 12.5 Å². The van der Waals surface area contributed by atoms with Gasteiger partial charge >= 0.3 is 5.97 Å². The number of ether oxygens (including phenoxy) is 1. The third kappa shape index (κ3) is 0.959. The molecule has 0 aromatic carbocycles. The van der Waals surface area contributed by atoms with Gasteiger partial charge in [-0.05, 0) is 31.1 Å². The summed E-state index contributed by atoms with van der Waals surface area (Å²) in [6.07, 6.45) is 3.52. The molecule has 0 saturated heterocycles. The summed E-state index contributed by atoms with van der Waals surface area (Å²) in [7, 11) is 1.45. The molecule has 2 rings (SSSR count). The highest BCUT2D eigenvalue weighted by Crippen LogP contribution is 2.62. The molecule has 0 radical (unpaired) electrons. The van der Waals surface area contributed by atoms with E-state index in [0.717, 1.165) is 12.3 Å². The van der Waals surface area contributed by atoms with Gasteiger partial charge in [0.1, 0.15) is 0 Å². The lowest BCUT2D eigenvalue weighted by molar-refractivity contribution is -0.147. The first-order chi connectivity index (χ1) is 5.74. The van der Waals surface area contributed by atoms with Crippen LogP contribution in [0.25, 0.3) is 0 Å². The zero-order valence-electron chi connectivity index (χ0n) is 7.38. The Kier molecular flexibility index (Phi) is 1.65. The third-order valence-electron chi connectivity index (χ3n) is 3.28. The molecule has 68 valence electrons. The first-order valence-corrected chi connectivity index (χ1v) is 4.53. The van der Waals surface area contributed by atoms with Crippen LogP contribution in [0.4, 0.5) is 0 Å². The van der Waals surface area contributed by atoms with Crippen molar-refractivity contribution in [3.05, 3.63) is 0 Å². The number of carbonyl (C=O) groups excluding carboxylic acids is 1. The number of methoxy groups -OCH3 is 1. The minimum atomic E-state index is -0.282. The average molecular weight is 169 g/mol. The van der Waals surface area contributed by atoms with Crippen LogP contribution in [0.2, 0.25) is 0 Å². The lowest BCUT2D eigenvalue weighted by Crippen LogP contribution is -2.29. The second-order valence-corrected chi connectivity index (χ2v) is 4.00. The van der Waals surface area contributed by atoms with Crippen molar-refractivity contribution in [2.24, 2.45) is 23.0 Å². The van der Waals surface area contributed by atoms with Gasteiger partial charge in [-0.1, -0.05) is 0 Å². The largest absolute Gasteiger partial charge is 0.469 e. The Morgan fingerprint density at radius 2 is 2.33 bits per heavy atom. The maximum absolute atomic E-state index is 11.4. The maximum atomic E-state index is 11.4. The van der Waals surface area contributed by atoms with Crippen molar-refractivity contribution in [1.82, 2.24) is 0 Å². The third-order valence-corrected chi connectivity index (χ3v) is 3.28. The van der Waals surface area contributed by atoms with Gasteiger partial charge < -0.3 is 10.5 Å². The zero-order valence-corrected chi connectivity index (χ0v) is 7.38. The van der Waals surface area contributed by atoms with Gasteiger partial charge in [0.2, 0.25) is 0 Å². The van der Waals surface area contributed by atoms with Crippen molar-refractivity contribution in [2.45, 2.75) is 19.3 Å². The molecule has 0 heterocycles. The summed E-state index contributed by atoms with van der Waals surface area (Å²) in [6, 6.07) is 0. The van der Waals surface area contributed by atoms with Crippen molar-refractivity contribution >= 4 is 5.97 Å². The van der Waals surface area contributed by atoms with E-state index in [0.29, 0.717) is 12.5 Å². The van der Waals surface area contributed by atoms with E-state index in [4.69, 9.17) is 10.5 Å². The lowest BCUT2D eigenvalue weighted by atomic mass is 10.0. The molecule has 0 aromatic heterocycles. The van der Waals surface area contributed by atoms with Crippen LogP contribution in [0.15, 0.2) is 0 Å². The molecule has 0 bridgehead atoms. The predicted molar refractivity (Wildman–Crippen MR) is 44.3 cm³/mol. The molecule has 3 heteroatoms. The van der Waals surface area contributed by atoms with E-state index in [2.05, 4.69) is 0 Å². The smallest absolute Gasteiger partial charge is 0.313 e. The fourth-order valence-electron chi connectivity index (χ4n) is 2.21. The van der Waals surface area contributed by atoms with Gasteiger partial charge in [-0.2, -0.15) is 0 Å². The Labute approximate surface area is 72.3 Å². The first kappa shape index (κ1) is 8.05. The Morgan fingerprint density at radius 3 is 2.75 bits per heavy atom. The summed E-state index contributed by atoms with van der Waals surface area (Å²) in [4.78, 5) is 11.4. The number of hydrogen-bond acceptors (Lipinski definition) is 3. The summed E-state index contributed by atoms with van der Waals surface area (Å²) >= 11 is 0. The van der Waals surface area contributed by atoms with Crippen LogP contribution in [0.3, 0.4) is 0 Å². The van der Waals surface area contributed by atoms with Crippen LogP contribution in [0.1, 0.15) is 19.3 Å².